The second-order valence-corrected chi connectivity index (χ2v) is 4.03. The molecule has 2 atom stereocenters. The first-order valence-electron chi connectivity index (χ1n) is 5.30. The van der Waals surface area contributed by atoms with Crippen molar-refractivity contribution in [3.05, 3.63) is 35.9 Å². The number of ether oxygens (including phenoxy) is 1. The van der Waals surface area contributed by atoms with E-state index in [1.165, 1.54) is 0 Å². The van der Waals surface area contributed by atoms with Crippen molar-refractivity contribution in [1.29, 1.82) is 0 Å². The number of likely N-dealkylation sites (N-methyl/N-ethyl adjacent to an activating group) is 1. The van der Waals surface area contributed by atoms with Gasteiger partial charge in [-0.1, -0.05) is 30.3 Å². The lowest BCUT2D eigenvalue weighted by Gasteiger charge is -2.21. The lowest BCUT2D eigenvalue weighted by atomic mass is 10.0. The molecule has 82 valence electrons. The fourth-order valence-electron chi connectivity index (χ4n) is 1.91. The van der Waals surface area contributed by atoms with Gasteiger partial charge in [0.2, 0.25) is 0 Å². The number of hydrogen-bond donors (Lipinski definition) is 1. The summed E-state index contributed by atoms with van der Waals surface area (Å²) in [5, 5.41) is 10.0. The van der Waals surface area contributed by atoms with E-state index in [0.717, 1.165) is 12.1 Å². The smallest absolute Gasteiger partial charge is 0.110 e. The van der Waals surface area contributed by atoms with Crippen molar-refractivity contribution in [3.63, 3.8) is 0 Å². The van der Waals surface area contributed by atoms with Gasteiger partial charge in [-0.3, -0.25) is 0 Å². The van der Waals surface area contributed by atoms with Gasteiger partial charge in [0.15, 0.2) is 0 Å². The Morgan fingerprint density at radius 3 is 2.80 bits per heavy atom. The third-order valence-corrected chi connectivity index (χ3v) is 2.75. The molecule has 1 N–H and O–H groups in total. The molecule has 0 saturated carbocycles. The summed E-state index contributed by atoms with van der Waals surface area (Å²) in [5.74, 6) is 0. The highest BCUT2D eigenvalue weighted by Gasteiger charge is 2.25. The van der Waals surface area contributed by atoms with Crippen molar-refractivity contribution >= 4 is 0 Å². The summed E-state index contributed by atoms with van der Waals surface area (Å²) in [4.78, 5) is 2.09. The second-order valence-electron chi connectivity index (χ2n) is 4.03. The van der Waals surface area contributed by atoms with Gasteiger partial charge in [0.25, 0.3) is 0 Å². The number of aliphatic hydroxyl groups is 1. The predicted molar refractivity (Wildman–Crippen MR) is 58.6 cm³/mol. The van der Waals surface area contributed by atoms with E-state index in [4.69, 9.17) is 4.74 Å². The van der Waals surface area contributed by atoms with E-state index in [0.29, 0.717) is 13.2 Å². The minimum absolute atomic E-state index is 0.184. The molecule has 1 saturated heterocycles. The van der Waals surface area contributed by atoms with Gasteiger partial charge in [0.1, 0.15) is 6.10 Å². The first kappa shape index (κ1) is 10.6. The quantitative estimate of drug-likeness (QED) is 0.747. The van der Waals surface area contributed by atoms with E-state index >= 15 is 0 Å². The number of aliphatic hydroxyl groups excluding tert-OH is 1. The summed E-state index contributed by atoms with van der Waals surface area (Å²) in [5.41, 5.74) is 1.06. The summed E-state index contributed by atoms with van der Waals surface area (Å²) >= 11 is 0. The third-order valence-electron chi connectivity index (χ3n) is 2.75. The molecule has 0 aromatic heterocycles. The van der Waals surface area contributed by atoms with Gasteiger partial charge < -0.3 is 14.7 Å². The Balaban J connectivity index is 2.14. The maximum Gasteiger partial charge on any atom is 0.110 e. The van der Waals surface area contributed by atoms with Gasteiger partial charge in [-0.15, -0.1) is 0 Å². The fraction of sp³-hybridized carbons (Fsp3) is 0.500. The highest BCUT2D eigenvalue weighted by Crippen LogP contribution is 2.23. The Bertz CT molecular complexity index is 302. The van der Waals surface area contributed by atoms with Crippen LogP contribution in [-0.2, 0) is 4.74 Å². The van der Waals surface area contributed by atoms with Gasteiger partial charge in [0.05, 0.1) is 12.7 Å². The zero-order chi connectivity index (χ0) is 10.7. The maximum absolute atomic E-state index is 10.0. The summed E-state index contributed by atoms with van der Waals surface area (Å²) in [6, 6.07) is 9.91. The third kappa shape index (κ3) is 2.56. The molecular weight excluding hydrogens is 190 g/mol. The average Bonchev–Trinajstić information content (AvgIpc) is 2.40. The molecule has 0 radical (unpaired) electrons. The molecule has 1 heterocycles. The van der Waals surface area contributed by atoms with Crippen molar-refractivity contribution in [2.45, 2.75) is 12.2 Å². The van der Waals surface area contributed by atoms with Crippen LogP contribution in [0.5, 0.6) is 0 Å². The van der Waals surface area contributed by atoms with Gasteiger partial charge in [-0.25, -0.2) is 0 Å². The average molecular weight is 207 g/mol. The van der Waals surface area contributed by atoms with Crippen LogP contribution in [0.2, 0.25) is 0 Å². The molecule has 15 heavy (non-hydrogen) atoms. The molecule has 3 nitrogen and oxygen atoms in total. The first-order chi connectivity index (χ1) is 7.27. The summed E-state index contributed by atoms with van der Waals surface area (Å²) in [6.07, 6.45) is -0.629. The molecule has 1 aliphatic rings. The van der Waals surface area contributed by atoms with Crippen LogP contribution in [-0.4, -0.2) is 42.9 Å². The lowest BCUT2D eigenvalue weighted by Crippen LogP contribution is -2.30. The molecule has 1 fully saturated rings. The van der Waals surface area contributed by atoms with Crippen LogP contribution in [0.3, 0.4) is 0 Å². The largest absolute Gasteiger partial charge is 0.389 e. The molecule has 1 aromatic carbocycles. The number of benzene rings is 1. The number of hydrogen-bond acceptors (Lipinski definition) is 3. The molecule has 1 aliphatic heterocycles. The normalized spacial score (nSPS) is 28.7. The summed E-state index contributed by atoms with van der Waals surface area (Å²) in [7, 11) is 2.00. The van der Waals surface area contributed by atoms with Crippen LogP contribution in [0, 0.1) is 0 Å². The Morgan fingerprint density at radius 1 is 1.33 bits per heavy atom. The minimum atomic E-state index is -0.445. The standard InChI is InChI=1S/C12H17NO2/c1-13-7-8-15-12(11(14)9-13)10-5-3-2-4-6-10/h2-6,11-12,14H,7-9H2,1H3/t11-,12?/m0/s1. The van der Waals surface area contributed by atoms with Gasteiger partial charge in [0, 0.05) is 13.1 Å². The Labute approximate surface area is 90.3 Å². The van der Waals surface area contributed by atoms with Gasteiger partial charge in [-0.05, 0) is 12.6 Å². The highest BCUT2D eigenvalue weighted by atomic mass is 16.5. The second kappa shape index (κ2) is 4.75. The van der Waals surface area contributed by atoms with Crippen molar-refractivity contribution in [1.82, 2.24) is 4.90 Å². The van der Waals surface area contributed by atoms with Crippen LogP contribution in [0.15, 0.2) is 30.3 Å². The molecule has 0 amide bonds. The van der Waals surface area contributed by atoms with Crippen molar-refractivity contribution < 1.29 is 9.84 Å². The SMILES string of the molecule is CN1CCOC(c2ccccc2)[C@@H](O)C1. The van der Waals surface area contributed by atoms with E-state index in [2.05, 4.69) is 4.90 Å². The summed E-state index contributed by atoms with van der Waals surface area (Å²) in [6.45, 7) is 2.22. The Kier molecular flexibility index (Phi) is 3.36. The van der Waals surface area contributed by atoms with Gasteiger partial charge in [-0.2, -0.15) is 0 Å². The van der Waals surface area contributed by atoms with E-state index in [9.17, 15) is 5.11 Å². The Morgan fingerprint density at radius 2 is 2.07 bits per heavy atom. The van der Waals surface area contributed by atoms with Crippen LogP contribution in [0.25, 0.3) is 0 Å². The zero-order valence-corrected chi connectivity index (χ0v) is 8.97. The molecule has 2 rings (SSSR count). The Hall–Kier alpha value is -0.900. The molecule has 1 aromatic rings. The predicted octanol–water partition coefficient (Wildman–Crippen LogP) is 1.05. The monoisotopic (exact) mass is 207 g/mol. The molecule has 3 heteroatoms. The van der Waals surface area contributed by atoms with E-state index in [1.54, 1.807) is 0 Å². The topological polar surface area (TPSA) is 32.7 Å². The van der Waals surface area contributed by atoms with Crippen LogP contribution in [0.4, 0.5) is 0 Å². The molecule has 0 bridgehead atoms. The van der Waals surface area contributed by atoms with E-state index in [-0.39, 0.29) is 6.10 Å². The number of β-amino-alcohol motifs (C(OH)–C–C–N with tert-alkyl or cyclic N) is 1. The van der Waals surface area contributed by atoms with Crippen LogP contribution in [0.1, 0.15) is 11.7 Å². The minimum Gasteiger partial charge on any atom is -0.389 e. The van der Waals surface area contributed by atoms with Crippen LogP contribution < -0.4 is 0 Å². The summed E-state index contributed by atoms with van der Waals surface area (Å²) < 4.78 is 5.68. The molecule has 1 unspecified atom stereocenters. The van der Waals surface area contributed by atoms with Gasteiger partial charge >= 0.3 is 0 Å². The highest BCUT2D eigenvalue weighted by molar-refractivity contribution is 5.19. The number of rotatable bonds is 1. The van der Waals surface area contributed by atoms with Crippen molar-refractivity contribution in [2.24, 2.45) is 0 Å². The molecule has 0 spiro atoms. The maximum atomic E-state index is 10.0. The molecular formula is C12H17NO2. The zero-order valence-electron chi connectivity index (χ0n) is 8.97. The first-order valence-corrected chi connectivity index (χ1v) is 5.30. The lowest BCUT2D eigenvalue weighted by molar-refractivity contribution is -0.0210. The van der Waals surface area contributed by atoms with E-state index in [1.807, 2.05) is 37.4 Å². The fourth-order valence-corrected chi connectivity index (χ4v) is 1.91. The van der Waals surface area contributed by atoms with E-state index < -0.39 is 6.10 Å². The molecule has 0 aliphatic carbocycles. The number of nitrogens with zero attached hydrogens (tertiary/aromatic N) is 1. The van der Waals surface area contributed by atoms with Crippen LogP contribution >= 0.6 is 0 Å². The van der Waals surface area contributed by atoms with Crippen molar-refractivity contribution in [2.75, 3.05) is 26.7 Å². The van der Waals surface area contributed by atoms with Crippen molar-refractivity contribution in [3.8, 4) is 0 Å².